The van der Waals surface area contributed by atoms with Gasteiger partial charge in [-0.25, -0.2) is 4.79 Å². The fourth-order valence-electron chi connectivity index (χ4n) is 2.51. The van der Waals surface area contributed by atoms with Gasteiger partial charge in [-0.2, -0.15) is 0 Å². The van der Waals surface area contributed by atoms with Crippen molar-refractivity contribution in [3.05, 3.63) is 0 Å². The maximum Gasteiger partial charge on any atom is 0.326 e. The molecule has 1 aliphatic rings. The number of hydrogen-bond donors (Lipinski definition) is 3. The van der Waals surface area contributed by atoms with Crippen LogP contribution in [0.3, 0.4) is 0 Å². The smallest absolute Gasteiger partial charge is 0.326 e. The highest BCUT2D eigenvalue weighted by atomic mass is 16.5. The number of rotatable bonds is 6. The van der Waals surface area contributed by atoms with E-state index >= 15 is 0 Å². The normalized spacial score (nSPS) is 30.8. The minimum absolute atomic E-state index is 0.0149. The summed E-state index contributed by atoms with van der Waals surface area (Å²) in [5.74, 6) is -3.15. The molecule has 1 fully saturated rings. The van der Waals surface area contributed by atoms with E-state index in [1.54, 1.807) is 6.92 Å². The van der Waals surface area contributed by atoms with E-state index in [9.17, 15) is 14.4 Å². The zero-order valence-corrected chi connectivity index (χ0v) is 11.8. The Balaban J connectivity index is 2.66. The van der Waals surface area contributed by atoms with Gasteiger partial charge in [0.25, 0.3) is 0 Å². The molecule has 20 heavy (non-hydrogen) atoms. The molecule has 1 saturated heterocycles. The molecule has 0 aromatic rings. The first-order valence-corrected chi connectivity index (χ1v) is 6.64. The Morgan fingerprint density at radius 2 is 1.75 bits per heavy atom. The summed E-state index contributed by atoms with van der Waals surface area (Å²) in [5.41, 5.74) is 0. The van der Waals surface area contributed by atoms with E-state index in [0.29, 0.717) is 0 Å². The zero-order valence-electron chi connectivity index (χ0n) is 11.8. The van der Waals surface area contributed by atoms with Crippen molar-refractivity contribution in [1.29, 1.82) is 0 Å². The van der Waals surface area contributed by atoms with Crippen LogP contribution in [0.2, 0.25) is 0 Å². The molecule has 7 nitrogen and oxygen atoms in total. The fourth-order valence-corrected chi connectivity index (χ4v) is 2.51. The predicted molar refractivity (Wildman–Crippen MR) is 69.1 cm³/mol. The van der Waals surface area contributed by atoms with Gasteiger partial charge in [-0.15, -0.1) is 0 Å². The maximum atomic E-state index is 12.2. The molecule has 114 valence electrons. The number of hydrogen-bond acceptors (Lipinski definition) is 4. The summed E-state index contributed by atoms with van der Waals surface area (Å²) in [6, 6.07) is -1.19. The molecule has 0 radical (unpaired) electrons. The second-order valence-electron chi connectivity index (χ2n) is 5.26. The van der Waals surface area contributed by atoms with Gasteiger partial charge < -0.3 is 20.3 Å². The topological polar surface area (TPSA) is 113 Å². The number of carboxylic acid groups (broad SMARTS) is 2. The van der Waals surface area contributed by atoms with E-state index in [0.717, 1.165) is 0 Å². The fraction of sp³-hybridized carbons (Fsp3) is 0.769. The first-order valence-electron chi connectivity index (χ1n) is 6.64. The number of carbonyl (C=O) groups is 3. The van der Waals surface area contributed by atoms with Gasteiger partial charge in [-0.3, -0.25) is 9.59 Å². The van der Waals surface area contributed by atoms with Gasteiger partial charge in [-0.05, 0) is 26.2 Å². The summed E-state index contributed by atoms with van der Waals surface area (Å²) >= 11 is 0. The molecule has 0 aliphatic carbocycles. The molecule has 0 spiro atoms. The molecule has 0 saturated carbocycles. The van der Waals surface area contributed by atoms with Crippen molar-refractivity contribution in [2.45, 2.75) is 51.9 Å². The van der Waals surface area contributed by atoms with Crippen LogP contribution < -0.4 is 5.32 Å². The van der Waals surface area contributed by atoms with Crippen LogP contribution in [0.25, 0.3) is 0 Å². The molecule has 4 unspecified atom stereocenters. The van der Waals surface area contributed by atoms with Crippen LogP contribution in [-0.4, -0.2) is 46.3 Å². The van der Waals surface area contributed by atoms with Gasteiger partial charge in [0.1, 0.15) is 6.04 Å². The third kappa shape index (κ3) is 3.93. The average molecular weight is 287 g/mol. The van der Waals surface area contributed by atoms with E-state index in [1.807, 2.05) is 13.8 Å². The summed E-state index contributed by atoms with van der Waals surface area (Å²) in [6.45, 7) is 5.52. The van der Waals surface area contributed by atoms with E-state index in [4.69, 9.17) is 14.9 Å². The van der Waals surface area contributed by atoms with Crippen LogP contribution in [0.5, 0.6) is 0 Å². The Morgan fingerprint density at radius 3 is 2.15 bits per heavy atom. The molecular formula is C13H21NO6. The quantitative estimate of drug-likeness (QED) is 0.655. The van der Waals surface area contributed by atoms with Crippen molar-refractivity contribution in [3.8, 4) is 0 Å². The molecule has 0 bridgehead atoms. The summed E-state index contributed by atoms with van der Waals surface area (Å²) in [5, 5.41) is 20.0. The molecule has 5 atom stereocenters. The zero-order chi connectivity index (χ0) is 15.4. The summed E-state index contributed by atoms with van der Waals surface area (Å²) in [7, 11) is 0. The molecule has 1 rings (SSSR count). The lowest BCUT2D eigenvalue weighted by atomic mass is 9.88. The van der Waals surface area contributed by atoms with Gasteiger partial charge in [0, 0.05) is 6.42 Å². The molecule has 0 aromatic carbocycles. The first-order chi connectivity index (χ1) is 9.23. The molecule has 1 heterocycles. The standard InChI is InChI=1S/C13H21NO6/c1-6-7(2)20-8(3)11(6)12(17)14-9(13(18)19)4-5-10(15)16/h6-9,11H,4-5H2,1-3H3,(H,14,17)(H,15,16)(H,18,19)/t6?,7?,8?,9-,11?/m0/s1. The van der Waals surface area contributed by atoms with Gasteiger partial charge in [-0.1, -0.05) is 6.92 Å². The van der Waals surface area contributed by atoms with Gasteiger partial charge in [0.2, 0.25) is 5.91 Å². The molecule has 1 amide bonds. The van der Waals surface area contributed by atoms with Gasteiger partial charge in [0.05, 0.1) is 18.1 Å². The number of aliphatic carboxylic acids is 2. The summed E-state index contributed by atoms with van der Waals surface area (Å²) in [6.07, 6.45) is -0.792. The van der Waals surface area contributed by atoms with Crippen LogP contribution in [-0.2, 0) is 19.1 Å². The lowest BCUT2D eigenvalue weighted by molar-refractivity contribution is -0.144. The predicted octanol–water partition coefficient (Wildman–Crippen LogP) is 0.480. The van der Waals surface area contributed by atoms with Crippen LogP contribution in [0, 0.1) is 11.8 Å². The minimum Gasteiger partial charge on any atom is -0.481 e. The molecular weight excluding hydrogens is 266 g/mol. The van der Waals surface area contributed by atoms with E-state index in [1.165, 1.54) is 0 Å². The number of carbonyl (C=O) groups excluding carboxylic acids is 1. The minimum atomic E-state index is -1.23. The van der Waals surface area contributed by atoms with Crippen molar-refractivity contribution in [3.63, 3.8) is 0 Å². The molecule has 7 heteroatoms. The van der Waals surface area contributed by atoms with Crippen LogP contribution >= 0.6 is 0 Å². The Morgan fingerprint density at radius 1 is 1.15 bits per heavy atom. The largest absolute Gasteiger partial charge is 0.481 e. The van der Waals surface area contributed by atoms with Crippen molar-refractivity contribution in [1.82, 2.24) is 5.32 Å². The van der Waals surface area contributed by atoms with E-state index in [2.05, 4.69) is 5.32 Å². The number of amides is 1. The third-order valence-corrected chi connectivity index (χ3v) is 3.81. The Labute approximate surface area is 117 Å². The highest BCUT2D eigenvalue weighted by Gasteiger charge is 2.42. The first kappa shape index (κ1) is 16.4. The van der Waals surface area contributed by atoms with E-state index < -0.39 is 29.8 Å². The van der Waals surface area contributed by atoms with Gasteiger partial charge >= 0.3 is 11.9 Å². The Kier molecular flexibility index (Phi) is 5.50. The van der Waals surface area contributed by atoms with Crippen molar-refractivity contribution < 1.29 is 29.3 Å². The molecule has 1 aliphatic heterocycles. The van der Waals surface area contributed by atoms with Crippen LogP contribution in [0.15, 0.2) is 0 Å². The second kappa shape index (κ2) is 6.69. The number of carboxylic acids is 2. The lowest BCUT2D eigenvalue weighted by Crippen LogP contribution is -2.46. The van der Waals surface area contributed by atoms with Crippen molar-refractivity contribution in [2.24, 2.45) is 11.8 Å². The highest BCUT2D eigenvalue weighted by molar-refractivity contribution is 5.86. The van der Waals surface area contributed by atoms with Crippen molar-refractivity contribution >= 4 is 17.8 Å². The molecule has 0 aromatic heterocycles. The monoisotopic (exact) mass is 287 g/mol. The summed E-state index contributed by atoms with van der Waals surface area (Å²) < 4.78 is 5.55. The lowest BCUT2D eigenvalue weighted by Gasteiger charge is -2.21. The van der Waals surface area contributed by atoms with Crippen molar-refractivity contribution in [2.75, 3.05) is 0 Å². The second-order valence-corrected chi connectivity index (χ2v) is 5.26. The van der Waals surface area contributed by atoms with Crippen LogP contribution in [0.4, 0.5) is 0 Å². The number of ether oxygens (including phenoxy) is 1. The van der Waals surface area contributed by atoms with Gasteiger partial charge in [0.15, 0.2) is 0 Å². The number of nitrogens with one attached hydrogen (secondary N) is 1. The van der Waals surface area contributed by atoms with Crippen LogP contribution in [0.1, 0.15) is 33.6 Å². The molecule has 3 N–H and O–H groups in total. The highest BCUT2D eigenvalue weighted by Crippen LogP contribution is 2.32. The Hall–Kier alpha value is -1.63. The SMILES string of the molecule is CC1OC(C)C(C(=O)N[C@@H](CCC(=O)O)C(=O)O)C1C. The average Bonchev–Trinajstić information content (AvgIpc) is 2.58. The Bertz CT molecular complexity index is 396. The third-order valence-electron chi connectivity index (χ3n) is 3.81. The van der Waals surface area contributed by atoms with E-state index in [-0.39, 0.29) is 31.0 Å². The summed E-state index contributed by atoms with van der Waals surface area (Å²) in [4.78, 5) is 33.7. The maximum absolute atomic E-state index is 12.2.